The van der Waals surface area contributed by atoms with Crippen LogP contribution < -0.4 is 5.32 Å². The van der Waals surface area contributed by atoms with E-state index in [1.807, 2.05) is 0 Å². The largest absolute Gasteiger partial charge is 0.481 e. The molecule has 0 spiro atoms. The molecule has 1 unspecified atom stereocenters. The van der Waals surface area contributed by atoms with Crippen molar-refractivity contribution >= 4 is 11.8 Å². The van der Waals surface area contributed by atoms with Crippen molar-refractivity contribution in [3.05, 3.63) is 17.6 Å². The highest BCUT2D eigenvalue weighted by Crippen LogP contribution is 2.23. The number of rotatable bonds is 6. The van der Waals surface area contributed by atoms with Crippen molar-refractivity contribution in [2.45, 2.75) is 51.9 Å². The van der Waals surface area contributed by atoms with E-state index in [1.54, 1.807) is 13.3 Å². The third kappa shape index (κ3) is 3.92. The maximum absolute atomic E-state index is 10.8. The van der Waals surface area contributed by atoms with Gasteiger partial charge in [-0.15, -0.1) is 0 Å². The Labute approximate surface area is 119 Å². The fourth-order valence-corrected chi connectivity index (χ4v) is 2.59. The quantitative estimate of drug-likeness (QED) is 0.617. The summed E-state index contributed by atoms with van der Waals surface area (Å²) in [7, 11) is 0. The smallest absolute Gasteiger partial charge is 0.306 e. The number of aromatic nitrogens is 2. The summed E-state index contributed by atoms with van der Waals surface area (Å²) in [5, 5.41) is 12.2. The zero-order valence-electron chi connectivity index (χ0n) is 12.1. The van der Waals surface area contributed by atoms with E-state index in [0.29, 0.717) is 6.42 Å². The van der Waals surface area contributed by atoms with Crippen LogP contribution in [0.5, 0.6) is 0 Å². The van der Waals surface area contributed by atoms with Crippen LogP contribution in [-0.2, 0) is 17.6 Å². The first kappa shape index (κ1) is 14.8. The molecule has 0 bridgehead atoms. The summed E-state index contributed by atoms with van der Waals surface area (Å²) in [4.78, 5) is 19.5. The summed E-state index contributed by atoms with van der Waals surface area (Å²) in [5.74, 6) is -0.0555. The molecule has 0 amide bonds. The minimum Gasteiger partial charge on any atom is -0.481 e. The van der Waals surface area contributed by atoms with Gasteiger partial charge in [0, 0.05) is 17.8 Å². The molecule has 0 saturated carbocycles. The molecular formula is C15H23N3O2. The number of carboxylic acids is 1. The fraction of sp³-hybridized carbons (Fsp3) is 0.667. The molecular weight excluding hydrogens is 254 g/mol. The Hall–Kier alpha value is -1.65. The van der Waals surface area contributed by atoms with Crippen LogP contribution in [0.2, 0.25) is 0 Å². The summed E-state index contributed by atoms with van der Waals surface area (Å²) in [6.07, 6.45) is 8.91. The Kier molecular flexibility index (Phi) is 5.32. The molecule has 110 valence electrons. The third-order valence-electron chi connectivity index (χ3n) is 3.90. The van der Waals surface area contributed by atoms with E-state index >= 15 is 0 Å². The number of aryl methyl sites for hydroxylation is 1. The van der Waals surface area contributed by atoms with Crippen LogP contribution in [-0.4, -0.2) is 27.6 Å². The van der Waals surface area contributed by atoms with Crippen LogP contribution in [0.1, 0.15) is 50.3 Å². The molecule has 2 N–H and O–H groups in total. The molecule has 2 rings (SSSR count). The van der Waals surface area contributed by atoms with Crippen molar-refractivity contribution in [1.82, 2.24) is 9.97 Å². The third-order valence-corrected chi connectivity index (χ3v) is 3.90. The lowest BCUT2D eigenvalue weighted by atomic mass is 10.1. The van der Waals surface area contributed by atoms with Crippen LogP contribution in [0.3, 0.4) is 0 Å². The van der Waals surface area contributed by atoms with E-state index in [4.69, 9.17) is 5.11 Å². The molecule has 20 heavy (non-hydrogen) atoms. The molecule has 1 heterocycles. The number of aliphatic carboxylic acids is 1. The Balaban J connectivity index is 1.88. The van der Waals surface area contributed by atoms with Gasteiger partial charge in [0.05, 0.1) is 5.92 Å². The Morgan fingerprint density at radius 3 is 2.95 bits per heavy atom. The van der Waals surface area contributed by atoms with Crippen LogP contribution >= 0.6 is 0 Å². The second-order valence-corrected chi connectivity index (χ2v) is 5.52. The number of carbonyl (C=O) groups is 1. The molecule has 1 atom stereocenters. The number of anilines is 1. The first-order valence-electron chi connectivity index (χ1n) is 7.48. The van der Waals surface area contributed by atoms with E-state index < -0.39 is 5.97 Å². The molecule has 0 saturated heterocycles. The minimum absolute atomic E-state index is 0.278. The van der Waals surface area contributed by atoms with E-state index in [1.165, 1.54) is 30.5 Å². The predicted molar refractivity (Wildman–Crippen MR) is 77.8 cm³/mol. The van der Waals surface area contributed by atoms with Gasteiger partial charge in [0.2, 0.25) is 0 Å². The number of nitrogens with one attached hydrogen (secondary N) is 1. The van der Waals surface area contributed by atoms with Crippen molar-refractivity contribution in [2.24, 2.45) is 5.92 Å². The van der Waals surface area contributed by atoms with Gasteiger partial charge in [0.25, 0.3) is 0 Å². The van der Waals surface area contributed by atoms with E-state index in [0.717, 1.165) is 31.6 Å². The number of hydrogen-bond acceptors (Lipinski definition) is 4. The summed E-state index contributed by atoms with van der Waals surface area (Å²) < 4.78 is 0. The fourth-order valence-electron chi connectivity index (χ4n) is 2.59. The number of hydrogen-bond donors (Lipinski definition) is 2. The number of fused-ring (bicyclic) bond motifs is 1. The minimum atomic E-state index is -0.721. The van der Waals surface area contributed by atoms with Crippen molar-refractivity contribution < 1.29 is 9.90 Å². The highest BCUT2D eigenvalue weighted by molar-refractivity contribution is 5.69. The molecule has 5 nitrogen and oxygen atoms in total. The Morgan fingerprint density at radius 1 is 1.35 bits per heavy atom. The lowest BCUT2D eigenvalue weighted by molar-refractivity contribution is -0.141. The molecule has 1 aliphatic carbocycles. The van der Waals surface area contributed by atoms with Gasteiger partial charge in [0.15, 0.2) is 0 Å². The molecule has 0 aromatic carbocycles. The zero-order chi connectivity index (χ0) is 14.4. The Morgan fingerprint density at radius 2 is 2.15 bits per heavy atom. The summed E-state index contributed by atoms with van der Waals surface area (Å²) in [6, 6.07) is 0. The van der Waals surface area contributed by atoms with Gasteiger partial charge in [-0.25, -0.2) is 9.97 Å². The maximum atomic E-state index is 10.8. The number of carboxylic acid groups (broad SMARTS) is 1. The highest BCUT2D eigenvalue weighted by atomic mass is 16.4. The van der Waals surface area contributed by atoms with Gasteiger partial charge in [0.1, 0.15) is 12.1 Å². The van der Waals surface area contributed by atoms with Gasteiger partial charge < -0.3 is 10.4 Å². The van der Waals surface area contributed by atoms with Gasteiger partial charge in [-0.2, -0.15) is 0 Å². The molecule has 1 aromatic heterocycles. The maximum Gasteiger partial charge on any atom is 0.306 e. The monoisotopic (exact) mass is 277 g/mol. The average Bonchev–Trinajstić information content (AvgIpc) is 2.68. The molecule has 0 aliphatic heterocycles. The van der Waals surface area contributed by atoms with Gasteiger partial charge in [-0.3, -0.25) is 4.79 Å². The standard InChI is InChI=1S/C15H23N3O2/c1-11(15(19)20)6-5-9-16-14-12-7-3-2-4-8-13(12)17-10-18-14/h10-11H,2-9H2,1H3,(H,19,20)(H,16,17,18). The van der Waals surface area contributed by atoms with Gasteiger partial charge in [-0.1, -0.05) is 13.3 Å². The summed E-state index contributed by atoms with van der Waals surface area (Å²) in [5.41, 5.74) is 2.44. The first-order chi connectivity index (χ1) is 9.68. The van der Waals surface area contributed by atoms with Crippen molar-refractivity contribution in [3.8, 4) is 0 Å². The van der Waals surface area contributed by atoms with Gasteiger partial charge in [-0.05, 0) is 38.5 Å². The van der Waals surface area contributed by atoms with Crippen LogP contribution in [0.4, 0.5) is 5.82 Å². The first-order valence-corrected chi connectivity index (χ1v) is 7.48. The van der Waals surface area contributed by atoms with Crippen LogP contribution in [0, 0.1) is 5.92 Å². The molecule has 1 aliphatic rings. The molecule has 0 fully saturated rings. The summed E-state index contributed by atoms with van der Waals surface area (Å²) in [6.45, 7) is 2.51. The van der Waals surface area contributed by atoms with Crippen LogP contribution in [0.15, 0.2) is 6.33 Å². The summed E-state index contributed by atoms with van der Waals surface area (Å²) >= 11 is 0. The topological polar surface area (TPSA) is 75.1 Å². The number of nitrogens with zero attached hydrogens (tertiary/aromatic N) is 2. The Bertz CT molecular complexity index is 462. The molecule has 0 radical (unpaired) electrons. The second-order valence-electron chi connectivity index (χ2n) is 5.52. The van der Waals surface area contributed by atoms with E-state index in [9.17, 15) is 4.79 Å². The highest BCUT2D eigenvalue weighted by Gasteiger charge is 2.14. The van der Waals surface area contributed by atoms with E-state index in [2.05, 4.69) is 15.3 Å². The van der Waals surface area contributed by atoms with Crippen molar-refractivity contribution in [3.63, 3.8) is 0 Å². The van der Waals surface area contributed by atoms with Crippen LogP contribution in [0.25, 0.3) is 0 Å². The lowest BCUT2D eigenvalue weighted by Crippen LogP contribution is -2.13. The average molecular weight is 277 g/mol. The van der Waals surface area contributed by atoms with E-state index in [-0.39, 0.29) is 5.92 Å². The zero-order valence-corrected chi connectivity index (χ0v) is 12.1. The predicted octanol–water partition coefficient (Wildman–Crippen LogP) is 2.66. The normalized spacial score (nSPS) is 16.1. The SMILES string of the molecule is CC(CCCNc1ncnc2c1CCCCC2)C(=O)O. The lowest BCUT2D eigenvalue weighted by Gasteiger charge is -2.12. The second kappa shape index (κ2) is 7.22. The molecule has 1 aromatic rings. The van der Waals surface area contributed by atoms with Gasteiger partial charge >= 0.3 is 5.97 Å². The van der Waals surface area contributed by atoms with Crippen molar-refractivity contribution in [2.75, 3.05) is 11.9 Å². The molecule has 5 heteroatoms. The van der Waals surface area contributed by atoms with Crippen molar-refractivity contribution in [1.29, 1.82) is 0 Å².